The zero-order chi connectivity index (χ0) is 13.2. The number of halogens is 1. The number of aliphatic carboxylic acids is 1. The van der Waals surface area contributed by atoms with Crippen LogP contribution in [0.4, 0.5) is 4.39 Å². The molecule has 0 saturated heterocycles. The molecular formula is C14H17FO3. The highest BCUT2D eigenvalue weighted by Gasteiger charge is 2.41. The van der Waals surface area contributed by atoms with Crippen LogP contribution in [0, 0.1) is 11.2 Å². The van der Waals surface area contributed by atoms with Crippen molar-refractivity contribution in [2.75, 3.05) is 7.11 Å². The molecule has 1 aromatic carbocycles. The monoisotopic (exact) mass is 252 g/mol. The minimum atomic E-state index is -0.767. The molecular weight excluding hydrogens is 235 g/mol. The molecule has 0 unspecified atom stereocenters. The lowest BCUT2D eigenvalue weighted by atomic mass is 9.80. The van der Waals surface area contributed by atoms with E-state index in [1.54, 1.807) is 12.1 Å². The van der Waals surface area contributed by atoms with Gasteiger partial charge in [-0.25, -0.2) is 4.39 Å². The molecule has 1 N–H and O–H groups in total. The first-order valence-corrected chi connectivity index (χ1v) is 6.13. The summed E-state index contributed by atoms with van der Waals surface area (Å²) in [7, 11) is 1.41. The van der Waals surface area contributed by atoms with Gasteiger partial charge in [0.25, 0.3) is 0 Å². The molecule has 0 amide bonds. The summed E-state index contributed by atoms with van der Waals surface area (Å²) in [6, 6.07) is 4.67. The van der Waals surface area contributed by atoms with Crippen LogP contribution < -0.4 is 4.74 Å². The Morgan fingerprint density at radius 2 is 2.11 bits per heavy atom. The molecule has 0 spiro atoms. The largest absolute Gasteiger partial charge is 0.494 e. The third-order valence-corrected chi connectivity index (χ3v) is 3.77. The molecule has 0 bridgehead atoms. The van der Waals surface area contributed by atoms with Crippen LogP contribution in [-0.2, 0) is 11.2 Å². The smallest absolute Gasteiger partial charge is 0.309 e. The van der Waals surface area contributed by atoms with Crippen LogP contribution in [0.25, 0.3) is 0 Å². The van der Waals surface area contributed by atoms with Crippen molar-refractivity contribution >= 4 is 5.97 Å². The highest BCUT2D eigenvalue weighted by atomic mass is 19.1. The highest BCUT2D eigenvalue weighted by Crippen LogP contribution is 2.41. The summed E-state index contributed by atoms with van der Waals surface area (Å²) in [5, 5.41) is 9.38. The van der Waals surface area contributed by atoms with Gasteiger partial charge >= 0.3 is 5.97 Å². The van der Waals surface area contributed by atoms with E-state index >= 15 is 0 Å². The summed E-state index contributed by atoms with van der Waals surface area (Å²) >= 11 is 0. The zero-order valence-electron chi connectivity index (χ0n) is 10.4. The van der Waals surface area contributed by atoms with Gasteiger partial charge in [0.15, 0.2) is 11.6 Å². The predicted molar refractivity (Wildman–Crippen MR) is 65.2 cm³/mol. The number of rotatable bonds is 4. The summed E-state index contributed by atoms with van der Waals surface area (Å²) < 4.78 is 18.4. The van der Waals surface area contributed by atoms with Crippen molar-refractivity contribution in [2.24, 2.45) is 5.41 Å². The van der Waals surface area contributed by atoms with Crippen molar-refractivity contribution in [1.29, 1.82) is 0 Å². The number of carboxylic acids is 1. The number of ether oxygens (including phenoxy) is 1. The molecule has 98 valence electrons. The van der Waals surface area contributed by atoms with Gasteiger partial charge in [0.1, 0.15) is 0 Å². The van der Waals surface area contributed by atoms with Crippen LogP contribution in [0.3, 0.4) is 0 Å². The summed E-state index contributed by atoms with van der Waals surface area (Å²) in [6.07, 6.45) is 3.62. The van der Waals surface area contributed by atoms with Crippen LogP contribution in [0.1, 0.15) is 31.2 Å². The van der Waals surface area contributed by atoms with E-state index in [1.807, 2.05) is 0 Å². The van der Waals surface area contributed by atoms with Gasteiger partial charge in [0.05, 0.1) is 12.5 Å². The van der Waals surface area contributed by atoms with Crippen LogP contribution in [0.5, 0.6) is 5.75 Å². The van der Waals surface area contributed by atoms with E-state index in [2.05, 4.69) is 0 Å². The predicted octanol–water partition coefficient (Wildman–Crippen LogP) is 3.02. The second kappa shape index (κ2) is 4.96. The van der Waals surface area contributed by atoms with E-state index in [0.29, 0.717) is 19.3 Å². The van der Waals surface area contributed by atoms with Crippen molar-refractivity contribution in [3.63, 3.8) is 0 Å². The Bertz CT molecular complexity index is 450. The quantitative estimate of drug-likeness (QED) is 0.896. The van der Waals surface area contributed by atoms with Gasteiger partial charge in [-0.3, -0.25) is 4.79 Å². The first kappa shape index (κ1) is 12.9. The summed E-state index contributed by atoms with van der Waals surface area (Å²) in [6.45, 7) is 0. The molecule has 0 heterocycles. The number of carbonyl (C=O) groups is 1. The Hall–Kier alpha value is -1.58. The molecule has 1 saturated carbocycles. The van der Waals surface area contributed by atoms with Crippen molar-refractivity contribution in [2.45, 2.75) is 32.1 Å². The molecule has 1 aliphatic carbocycles. The van der Waals surface area contributed by atoms with Gasteiger partial charge in [-0.1, -0.05) is 18.9 Å². The van der Waals surface area contributed by atoms with Crippen molar-refractivity contribution < 1.29 is 19.0 Å². The molecule has 18 heavy (non-hydrogen) atoms. The fraction of sp³-hybridized carbons (Fsp3) is 0.500. The van der Waals surface area contributed by atoms with Crippen molar-refractivity contribution in [3.8, 4) is 5.75 Å². The van der Waals surface area contributed by atoms with E-state index < -0.39 is 17.2 Å². The van der Waals surface area contributed by atoms with Gasteiger partial charge in [-0.15, -0.1) is 0 Å². The van der Waals surface area contributed by atoms with Crippen LogP contribution >= 0.6 is 0 Å². The van der Waals surface area contributed by atoms with Crippen LogP contribution in [0.15, 0.2) is 18.2 Å². The Balaban J connectivity index is 2.22. The van der Waals surface area contributed by atoms with Gasteiger partial charge in [-0.05, 0) is 37.0 Å². The maximum absolute atomic E-state index is 13.6. The topological polar surface area (TPSA) is 46.5 Å². The number of carboxylic acid groups (broad SMARTS) is 1. The molecule has 0 aliphatic heterocycles. The SMILES string of the molecule is COc1ccc(CC2(C(=O)O)CCCC2)cc1F. The molecule has 2 rings (SSSR count). The molecule has 1 aliphatic rings. The van der Waals surface area contributed by atoms with Gasteiger partial charge in [0.2, 0.25) is 0 Å². The molecule has 0 aromatic heterocycles. The first-order valence-electron chi connectivity index (χ1n) is 6.13. The fourth-order valence-electron chi connectivity index (χ4n) is 2.73. The first-order chi connectivity index (χ1) is 8.57. The number of benzene rings is 1. The normalized spacial score (nSPS) is 17.7. The molecule has 3 nitrogen and oxygen atoms in total. The summed E-state index contributed by atoms with van der Waals surface area (Å²) in [5.41, 5.74) is 0.0127. The van der Waals surface area contributed by atoms with Gasteiger partial charge < -0.3 is 9.84 Å². The molecule has 0 atom stereocenters. The van der Waals surface area contributed by atoms with Crippen molar-refractivity contribution in [3.05, 3.63) is 29.6 Å². The maximum atomic E-state index is 13.6. The molecule has 4 heteroatoms. The second-order valence-corrected chi connectivity index (χ2v) is 4.94. The van der Waals surface area contributed by atoms with E-state index in [0.717, 1.165) is 18.4 Å². The number of hydrogen-bond acceptors (Lipinski definition) is 2. The highest BCUT2D eigenvalue weighted by molar-refractivity contribution is 5.75. The number of methoxy groups -OCH3 is 1. The van der Waals surface area contributed by atoms with Crippen LogP contribution in [0.2, 0.25) is 0 Å². The minimum absolute atomic E-state index is 0.189. The average molecular weight is 252 g/mol. The van der Waals surface area contributed by atoms with E-state index in [-0.39, 0.29) is 5.75 Å². The standard InChI is InChI=1S/C14H17FO3/c1-18-12-5-4-10(8-11(12)15)9-14(13(16)17)6-2-3-7-14/h4-5,8H,2-3,6-7,9H2,1H3,(H,16,17). The maximum Gasteiger partial charge on any atom is 0.309 e. The summed E-state index contributed by atoms with van der Waals surface area (Å²) in [5.74, 6) is -1.01. The minimum Gasteiger partial charge on any atom is -0.494 e. The van der Waals surface area contributed by atoms with Gasteiger partial charge in [-0.2, -0.15) is 0 Å². The zero-order valence-corrected chi connectivity index (χ0v) is 10.4. The molecule has 1 fully saturated rings. The Labute approximate surface area is 106 Å². The lowest BCUT2D eigenvalue weighted by Gasteiger charge is -2.23. The fourth-order valence-corrected chi connectivity index (χ4v) is 2.73. The van der Waals surface area contributed by atoms with E-state index in [9.17, 15) is 14.3 Å². The van der Waals surface area contributed by atoms with Gasteiger partial charge in [0, 0.05) is 0 Å². The Morgan fingerprint density at radius 1 is 1.44 bits per heavy atom. The summed E-state index contributed by atoms with van der Waals surface area (Å²) in [4.78, 5) is 11.4. The van der Waals surface area contributed by atoms with Crippen molar-refractivity contribution in [1.82, 2.24) is 0 Å². The average Bonchev–Trinajstić information content (AvgIpc) is 2.79. The lowest BCUT2D eigenvalue weighted by Crippen LogP contribution is -2.30. The Morgan fingerprint density at radius 3 is 2.61 bits per heavy atom. The lowest BCUT2D eigenvalue weighted by molar-refractivity contribution is -0.148. The number of hydrogen-bond donors (Lipinski definition) is 1. The van der Waals surface area contributed by atoms with Crippen LogP contribution in [-0.4, -0.2) is 18.2 Å². The third-order valence-electron chi connectivity index (χ3n) is 3.77. The second-order valence-electron chi connectivity index (χ2n) is 4.94. The Kier molecular flexibility index (Phi) is 3.55. The van der Waals surface area contributed by atoms with E-state index in [4.69, 9.17) is 4.74 Å². The third kappa shape index (κ3) is 2.33. The van der Waals surface area contributed by atoms with E-state index in [1.165, 1.54) is 13.2 Å². The molecule has 0 radical (unpaired) electrons. The molecule has 1 aromatic rings.